The number of carbonyl (C=O) groups excluding carboxylic acids is 1. The van der Waals surface area contributed by atoms with Crippen molar-refractivity contribution in [1.82, 2.24) is 0 Å². The van der Waals surface area contributed by atoms with E-state index in [0.717, 1.165) is 0 Å². The molecule has 0 aliphatic heterocycles. The fourth-order valence-corrected chi connectivity index (χ4v) is 3.34. The summed E-state index contributed by atoms with van der Waals surface area (Å²) in [6.45, 7) is 1.38. The second-order valence-corrected chi connectivity index (χ2v) is 7.04. The van der Waals surface area contributed by atoms with Gasteiger partial charge in [-0.2, -0.15) is 0 Å². The molecule has 0 aliphatic carbocycles. The van der Waals surface area contributed by atoms with Crippen LogP contribution in [0, 0.1) is 6.92 Å². The first-order chi connectivity index (χ1) is 12.3. The molecule has 3 N–H and O–H groups in total. The Bertz CT molecular complexity index is 911. The van der Waals surface area contributed by atoms with E-state index in [0.29, 0.717) is 22.8 Å². The van der Waals surface area contributed by atoms with Crippen molar-refractivity contribution in [2.45, 2.75) is 11.8 Å². The van der Waals surface area contributed by atoms with Gasteiger partial charge in [0.2, 0.25) is 0 Å². The summed E-state index contributed by atoms with van der Waals surface area (Å²) in [6, 6.07) is 9.06. The lowest BCUT2D eigenvalue weighted by molar-refractivity contribution is -0.119. The molecule has 0 saturated heterocycles. The molecule has 2 aromatic carbocycles. The summed E-state index contributed by atoms with van der Waals surface area (Å²) in [5, 5.41) is 0. The highest BCUT2D eigenvalue weighted by molar-refractivity contribution is 7.92. The van der Waals surface area contributed by atoms with Gasteiger partial charge in [-0.3, -0.25) is 9.52 Å². The van der Waals surface area contributed by atoms with E-state index in [9.17, 15) is 13.2 Å². The SMILES string of the molecule is COc1ccc(OC)c(NS(=O)(=O)c2ccc(OCC(N)=O)c(C)c2)c1. The molecular formula is C17H20N2O6S. The molecule has 0 spiro atoms. The molecule has 9 heteroatoms. The number of sulfonamides is 1. The second kappa shape index (κ2) is 7.96. The van der Waals surface area contributed by atoms with Crippen LogP contribution >= 0.6 is 0 Å². The number of amides is 1. The molecule has 0 fully saturated rings. The number of hydrogen-bond donors (Lipinski definition) is 2. The lowest BCUT2D eigenvalue weighted by Crippen LogP contribution is -2.20. The number of aryl methyl sites for hydroxylation is 1. The van der Waals surface area contributed by atoms with E-state index in [2.05, 4.69) is 4.72 Å². The molecule has 140 valence electrons. The predicted octanol–water partition coefficient (Wildman–Crippen LogP) is 1.68. The van der Waals surface area contributed by atoms with Gasteiger partial charge in [-0.25, -0.2) is 8.42 Å². The van der Waals surface area contributed by atoms with Gasteiger partial charge in [-0.15, -0.1) is 0 Å². The molecule has 0 saturated carbocycles. The monoisotopic (exact) mass is 380 g/mol. The van der Waals surface area contributed by atoms with Gasteiger partial charge < -0.3 is 19.9 Å². The average Bonchev–Trinajstić information content (AvgIpc) is 2.60. The summed E-state index contributed by atoms with van der Waals surface area (Å²) in [4.78, 5) is 10.8. The fraction of sp³-hybridized carbons (Fsp3) is 0.235. The summed E-state index contributed by atoms with van der Waals surface area (Å²) < 4.78 is 43.3. The zero-order valence-electron chi connectivity index (χ0n) is 14.6. The van der Waals surface area contributed by atoms with Crippen LogP contribution in [0.3, 0.4) is 0 Å². The summed E-state index contributed by atoms with van der Waals surface area (Å²) in [5.74, 6) is 0.594. The normalized spacial score (nSPS) is 10.9. The van der Waals surface area contributed by atoms with Crippen molar-refractivity contribution in [2.75, 3.05) is 25.5 Å². The quantitative estimate of drug-likeness (QED) is 0.719. The van der Waals surface area contributed by atoms with Crippen LogP contribution < -0.4 is 24.7 Å². The first-order valence-electron chi connectivity index (χ1n) is 7.53. The van der Waals surface area contributed by atoms with Gasteiger partial charge in [-0.05, 0) is 42.8 Å². The highest BCUT2D eigenvalue weighted by Crippen LogP contribution is 2.31. The summed E-state index contributed by atoms with van der Waals surface area (Å²) in [6.07, 6.45) is 0. The van der Waals surface area contributed by atoms with Crippen LogP contribution in [0.5, 0.6) is 17.2 Å². The molecule has 2 rings (SSSR count). The molecule has 2 aromatic rings. The number of rotatable bonds is 8. The predicted molar refractivity (Wildman–Crippen MR) is 96.2 cm³/mol. The maximum Gasteiger partial charge on any atom is 0.262 e. The number of methoxy groups -OCH3 is 2. The third-order valence-corrected chi connectivity index (χ3v) is 4.84. The minimum atomic E-state index is -3.87. The molecule has 0 aliphatic rings. The van der Waals surface area contributed by atoms with Gasteiger partial charge in [0.05, 0.1) is 24.8 Å². The third-order valence-electron chi connectivity index (χ3n) is 3.48. The maximum atomic E-state index is 12.7. The molecule has 0 bridgehead atoms. The number of nitrogens with two attached hydrogens (primary N) is 1. The van der Waals surface area contributed by atoms with Crippen molar-refractivity contribution in [2.24, 2.45) is 5.73 Å². The molecule has 0 atom stereocenters. The van der Waals surface area contributed by atoms with Crippen molar-refractivity contribution < 1.29 is 27.4 Å². The van der Waals surface area contributed by atoms with E-state index >= 15 is 0 Å². The topological polar surface area (TPSA) is 117 Å². The summed E-state index contributed by atoms with van der Waals surface area (Å²) >= 11 is 0. The smallest absolute Gasteiger partial charge is 0.262 e. The van der Waals surface area contributed by atoms with E-state index < -0.39 is 15.9 Å². The highest BCUT2D eigenvalue weighted by Gasteiger charge is 2.18. The summed E-state index contributed by atoms with van der Waals surface area (Å²) in [5.41, 5.74) is 5.83. The zero-order valence-corrected chi connectivity index (χ0v) is 15.4. The van der Waals surface area contributed by atoms with Crippen molar-refractivity contribution in [1.29, 1.82) is 0 Å². The minimum Gasteiger partial charge on any atom is -0.497 e. The van der Waals surface area contributed by atoms with E-state index in [1.54, 1.807) is 19.1 Å². The Morgan fingerprint density at radius 1 is 1.08 bits per heavy atom. The van der Waals surface area contributed by atoms with Gasteiger partial charge in [0.25, 0.3) is 15.9 Å². The standard InChI is InChI=1S/C17H20N2O6S/c1-11-8-13(5-7-15(11)25-10-17(18)20)26(21,22)19-14-9-12(23-2)4-6-16(14)24-3/h4-9,19H,10H2,1-3H3,(H2,18,20). The number of nitrogens with one attached hydrogen (secondary N) is 1. The minimum absolute atomic E-state index is 0.0336. The Balaban J connectivity index is 2.30. The Morgan fingerprint density at radius 2 is 1.77 bits per heavy atom. The highest BCUT2D eigenvalue weighted by atomic mass is 32.2. The van der Waals surface area contributed by atoms with Gasteiger partial charge >= 0.3 is 0 Å². The van der Waals surface area contributed by atoms with E-state index in [4.69, 9.17) is 19.9 Å². The fourth-order valence-electron chi connectivity index (χ4n) is 2.20. The third kappa shape index (κ3) is 4.57. The molecule has 26 heavy (non-hydrogen) atoms. The van der Waals surface area contributed by atoms with Crippen LogP contribution in [0.25, 0.3) is 0 Å². The molecular weight excluding hydrogens is 360 g/mol. The van der Waals surface area contributed by atoms with Crippen LogP contribution in [0.15, 0.2) is 41.3 Å². The Labute approximate surface area is 151 Å². The van der Waals surface area contributed by atoms with Gasteiger partial charge in [0.15, 0.2) is 6.61 Å². The molecule has 0 aromatic heterocycles. The largest absolute Gasteiger partial charge is 0.497 e. The Kier molecular flexibility index (Phi) is 5.93. The maximum absolute atomic E-state index is 12.7. The zero-order chi connectivity index (χ0) is 19.3. The molecule has 0 radical (unpaired) electrons. The second-order valence-electron chi connectivity index (χ2n) is 5.35. The molecule has 0 unspecified atom stereocenters. The lowest BCUT2D eigenvalue weighted by Gasteiger charge is -2.14. The van der Waals surface area contributed by atoms with Crippen molar-refractivity contribution in [3.8, 4) is 17.2 Å². The number of benzene rings is 2. The number of carbonyl (C=O) groups is 1. The lowest BCUT2D eigenvalue weighted by atomic mass is 10.2. The number of ether oxygens (including phenoxy) is 3. The van der Waals surface area contributed by atoms with Crippen LogP contribution in [0.4, 0.5) is 5.69 Å². The number of anilines is 1. The Hall–Kier alpha value is -2.94. The van der Waals surface area contributed by atoms with Crippen molar-refractivity contribution in [3.63, 3.8) is 0 Å². The average molecular weight is 380 g/mol. The number of hydrogen-bond acceptors (Lipinski definition) is 6. The van der Waals surface area contributed by atoms with E-state index in [1.807, 2.05) is 0 Å². The van der Waals surface area contributed by atoms with Crippen molar-refractivity contribution >= 4 is 21.6 Å². The first-order valence-corrected chi connectivity index (χ1v) is 9.01. The van der Waals surface area contributed by atoms with Gasteiger partial charge in [-0.1, -0.05) is 0 Å². The first kappa shape index (κ1) is 19.4. The van der Waals surface area contributed by atoms with Crippen LogP contribution in [-0.4, -0.2) is 35.2 Å². The van der Waals surface area contributed by atoms with Gasteiger partial charge in [0.1, 0.15) is 17.2 Å². The Morgan fingerprint density at radius 3 is 2.35 bits per heavy atom. The van der Waals surface area contributed by atoms with Gasteiger partial charge in [0, 0.05) is 6.07 Å². The van der Waals surface area contributed by atoms with E-state index in [-0.39, 0.29) is 17.2 Å². The van der Waals surface area contributed by atoms with Crippen LogP contribution in [-0.2, 0) is 14.8 Å². The molecule has 8 nitrogen and oxygen atoms in total. The van der Waals surface area contributed by atoms with Crippen molar-refractivity contribution in [3.05, 3.63) is 42.0 Å². The van der Waals surface area contributed by atoms with Crippen LogP contribution in [0.1, 0.15) is 5.56 Å². The van der Waals surface area contributed by atoms with Crippen LogP contribution in [0.2, 0.25) is 0 Å². The van der Waals surface area contributed by atoms with E-state index in [1.165, 1.54) is 38.5 Å². The number of primary amides is 1. The molecule has 0 heterocycles. The molecule has 1 amide bonds. The summed E-state index contributed by atoms with van der Waals surface area (Å²) in [7, 11) is -0.955.